The fourth-order valence-corrected chi connectivity index (χ4v) is 1.33. The van der Waals surface area contributed by atoms with Gasteiger partial charge in [-0.15, -0.1) is 0 Å². The lowest BCUT2D eigenvalue weighted by atomic mass is 10.1. The van der Waals surface area contributed by atoms with Gasteiger partial charge in [-0.05, 0) is 19.8 Å². The Labute approximate surface area is 83.2 Å². The summed E-state index contributed by atoms with van der Waals surface area (Å²) in [5, 5.41) is 18.7. The zero-order valence-electron chi connectivity index (χ0n) is 8.22. The van der Waals surface area contributed by atoms with Crippen molar-refractivity contribution in [3.8, 4) is 0 Å². The number of hydrogen-bond donors (Lipinski definition) is 2. The molecular formula is C10H16O4. The summed E-state index contributed by atoms with van der Waals surface area (Å²) >= 11 is 0. The number of ether oxygens (including phenoxy) is 1. The minimum Gasteiger partial charge on any atom is -0.463 e. The second kappa shape index (κ2) is 5.12. The van der Waals surface area contributed by atoms with Crippen LogP contribution in [0.4, 0.5) is 0 Å². The van der Waals surface area contributed by atoms with Crippen LogP contribution < -0.4 is 0 Å². The van der Waals surface area contributed by atoms with Gasteiger partial charge in [0.1, 0.15) is 0 Å². The average molecular weight is 200 g/mol. The van der Waals surface area contributed by atoms with Gasteiger partial charge in [-0.1, -0.05) is 12.2 Å². The summed E-state index contributed by atoms with van der Waals surface area (Å²) in [4.78, 5) is 11.1. The Balaban J connectivity index is 2.60. The van der Waals surface area contributed by atoms with Gasteiger partial charge in [0, 0.05) is 0 Å². The van der Waals surface area contributed by atoms with Crippen LogP contribution in [-0.2, 0) is 9.53 Å². The lowest BCUT2D eigenvalue weighted by Crippen LogP contribution is -2.22. The lowest BCUT2D eigenvalue weighted by molar-refractivity contribution is -0.150. The molecule has 0 unspecified atom stereocenters. The third-order valence-electron chi connectivity index (χ3n) is 2.13. The molecule has 80 valence electrons. The largest absolute Gasteiger partial charge is 0.463 e. The van der Waals surface area contributed by atoms with Crippen LogP contribution >= 0.6 is 0 Å². The number of aliphatic hydroxyl groups excluding tert-OH is 2. The number of carbonyl (C=O) groups is 1. The van der Waals surface area contributed by atoms with E-state index in [1.165, 1.54) is 12.2 Å². The van der Waals surface area contributed by atoms with E-state index in [9.17, 15) is 15.0 Å². The SMILES string of the molecule is C[C@@H]1CC[C@H](O)C=C[C@H](O)CC(=O)O1. The molecule has 0 fully saturated rings. The maximum absolute atomic E-state index is 11.1. The van der Waals surface area contributed by atoms with E-state index in [0.717, 1.165) is 0 Å². The quantitative estimate of drug-likeness (QED) is 0.438. The minimum atomic E-state index is -0.859. The molecule has 1 rings (SSSR count). The molecule has 1 aliphatic heterocycles. The molecule has 0 aromatic carbocycles. The first-order valence-corrected chi connectivity index (χ1v) is 4.82. The second-order valence-corrected chi connectivity index (χ2v) is 3.60. The van der Waals surface area contributed by atoms with Crippen molar-refractivity contribution in [3.05, 3.63) is 12.2 Å². The molecule has 0 aromatic rings. The van der Waals surface area contributed by atoms with Gasteiger partial charge in [0.15, 0.2) is 0 Å². The lowest BCUT2D eigenvalue weighted by Gasteiger charge is -2.17. The summed E-state index contributed by atoms with van der Waals surface area (Å²) < 4.78 is 5.00. The molecular weight excluding hydrogens is 184 g/mol. The molecule has 0 amide bonds. The van der Waals surface area contributed by atoms with E-state index in [4.69, 9.17) is 4.74 Å². The van der Waals surface area contributed by atoms with Crippen molar-refractivity contribution in [2.24, 2.45) is 0 Å². The number of rotatable bonds is 0. The molecule has 0 spiro atoms. The van der Waals surface area contributed by atoms with Crippen molar-refractivity contribution >= 4 is 5.97 Å². The molecule has 0 aromatic heterocycles. The molecule has 0 bridgehead atoms. The summed E-state index contributed by atoms with van der Waals surface area (Å²) in [6.45, 7) is 1.78. The molecule has 0 saturated carbocycles. The molecule has 4 nitrogen and oxygen atoms in total. The molecule has 4 heteroatoms. The van der Waals surface area contributed by atoms with E-state index in [1.54, 1.807) is 6.92 Å². The Kier molecular flexibility index (Phi) is 4.10. The maximum Gasteiger partial charge on any atom is 0.309 e. The van der Waals surface area contributed by atoms with Crippen molar-refractivity contribution in [2.75, 3.05) is 0 Å². The number of carbonyl (C=O) groups excluding carboxylic acids is 1. The molecule has 3 atom stereocenters. The Morgan fingerprint density at radius 1 is 1.29 bits per heavy atom. The zero-order chi connectivity index (χ0) is 10.6. The van der Waals surface area contributed by atoms with E-state index in [2.05, 4.69) is 0 Å². The third-order valence-corrected chi connectivity index (χ3v) is 2.13. The topological polar surface area (TPSA) is 66.8 Å². The van der Waals surface area contributed by atoms with Gasteiger partial charge in [-0.2, -0.15) is 0 Å². The number of aliphatic hydroxyl groups is 2. The maximum atomic E-state index is 11.1. The van der Waals surface area contributed by atoms with Crippen molar-refractivity contribution in [1.82, 2.24) is 0 Å². The molecule has 14 heavy (non-hydrogen) atoms. The Morgan fingerprint density at radius 3 is 2.64 bits per heavy atom. The number of cyclic esters (lactones) is 1. The number of esters is 1. The highest BCUT2D eigenvalue weighted by Gasteiger charge is 2.16. The first-order valence-electron chi connectivity index (χ1n) is 4.82. The molecule has 0 saturated heterocycles. The Morgan fingerprint density at radius 2 is 1.93 bits per heavy atom. The van der Waals surface area contributed by atoms with Gasteiger partial charge < -0.3 is 14.9 Å². The Bertz CT molecular complexity index is 224. The first-order chi connectivity index (χ1) is 6.58. The van der Waals surface area contributed by atoms with E-state index in [-0.39, 0.29) is 12.5 Å². The van der Waals surface area contributed by atoms with Crippen LogP contribution in [0.5, 0.6) is 0 Å². The average Bonchev–Trinajstić information content (AvgIpc) is 2.10. The van der Waals surface area contributed by atoms with Crippen LogP contribution in [0.1, 0.15) is 26.2 Å². The van der Waals surface area contributed by atoms with Gasteiger partial charge in [0.25, 0.3) is 0 Å². The van der Waals surface area contributed by atoms with Crippen LogP contribution in [0.2, 0.25) is 0 Å². The number of hydrogen-bond acceptors (Lipinski definition) is 4. The predicted octanol–water partition coefficient (Wildman–Crippen LogP) is 0.380. The normalized spacial score (nSPS) is 35.1. The van der Waals surface area contributed by atoms with Crippen LogP contribution in [0.25, 0.3) is 0 Å². The van der Waals surface area contributed by atoms with E-state index >= 15 is 0 Å². The molecule has 2 N–H and O–H groups in total. The van der Waals surface area contributed by atoms with Crippen LogP contribution in [-0.4, -0.2) is 34.5 Å². The third kappa shape index (κ3) is 3.89. The van der Waals surface area contributed by atoms with Gasteiger partial charge in [0.05, 0.1) is 24.7 Å². The smallest absolute Gasteiger partial charge is 0.309 e. The van der Waals surface area contributed by atoms with Gasteiger partial charge >= 0.3 is 5.97 Å². The highest BCUT2D eigenvalue weighted by Crippen LogP contribution is 2.10. The van der Waals surface area contributed by atoms with Gasteiger partial charge in [-0.25, -0.2) is 0 Å². The zero-order valence-corrected chi connectivity index (χ0v) is 8.22. The summed E-state index contributed by atoms with van der Waals surface area (Å²) in [6.07, 6.45) is 2.46. The van der Waals surface area contributed by atoms with Gasteiger partial charge in [-0.3, -0.25) is 4.79 Å². The van der Waals surface area contributed by atoms with Crippen molar-refractivity contribution in [1.29, 1.82) is 0 Å². The van der Waals surface area contributed by atoms with Gasteiger partial charge in [0.2, 0.25) is 0 Å². The van der Waals surface area contributed by atoms with E-state index < -0.39 is 18.2 Å². The fraction of sp³-hybridized carbons (Fsp3) is 0.700. The second-order valence-electron chi connectivity index (χ2n) is 3.60. The van der Waals surface area contributed by atoms with E-state index in [1.807, 2.05) is 0 Å². The van der Waals surface area contributed by atoms with E-state index in [0.29, 0.717) is 12.8 Å². The summed E-state index contributed by atoms with van der Waals surface area (Å²) in [5.41, 5.74) is 0. The van der Waals surface area contributed by atoms with Crippen LogP contribution in [0.3, 0.4) is 0 Å². The summed E-state index contributed by atoms with van der Waals surface area (Å²) in [5.74, 6) is -0.397. The first kappa shape index (κ1) is 11.2. The monoisotopic (exact) mass is 200 g/mol. The van der Waals surface area contributed by atoms with Crippen molar-refractivity contribution < 1.29 is 19.7 Å². The van der Waals surface area contributed by atoms with Crippen LogP contribution in [0, 0.1) is 0 Å². The highest BCUT2D eigenvalue weighted by atomic mass is 16.5. The Hall–Kier alpha value is -0.870. The van der Waals surface area contributed by atoms with Crippen LogP contribution in [0.15, 0.2) is 12.2 Å². The highest BCUT2D eigenvalue weighted by molar-refractivity contribution is 5.70. The summed E-state index contributed by atoms with van der Waals surface area (Å²) in [6, 6.07) is 0. The summed E-state index contributed by atoms with van der Waals surface area (Å²) in [7, 11) is 0. The molecule has 0 aliphatic carbocycles. The fourth-order valence-electron chi connectivity index (χ4n) is 1.33. The molecule has 1 aliphatic rings. The molecule has 1 heterocycles. The van der Waals surface area contributed by atoms with Crippen molar-refractivity contribution in [3.63, 3.8) is 0 Å². The minimum absolute atomic E-state index is 0.0481. The molecule has 0 radical (unpaired) electrons. The predicted molar refractivity (Wildman–Crippen MR) is 50.6 cm³/mol. The van der Waals surface area contributed by atoms with Crippen molar-refractivity contribution in [2.45, 2.75) is 44.5 Å². The standard InChI is InChI=1S/C10H16O4/c1-7-2-3-8(11)4-5-9(12)6-10(13)14-7/h4-5,7-9,11-12H,2-3,6H2,1H3/t7-,8+,9+/m1/s1.